The molecule has 1 aromatic rings. The molecule has 1 rings (SSSR count). The summed E-state index contributed by atoms with van der Waals surface area (Å²) in [5.74, 6) is -0.483. The first kappa shape index (κ1) is 23.2. The molecule has 0 aromatic carbocycles. The van der Waals surface area contributed by atoms with Gasteiger partial charge >= 0.3 is 6.18 Å². The Morgan fingerprint density at radius 1 is 1.23 bits per heavy atom. The summed E-state index contributed by atoms with van der Waals surface area (Å²) in [7, 11) is 0. The number of aromatic nitrogens is 1. The Labute approximate surface area is 139 Å². The van der Waals surface area contributed by atoms with Crippen molar-refractivity contribution >= 4 is 30.7 Å². The molecule has 0 aliphatic heterocycles. The van der Waals surface area contributed by atoms with Gasteiger partial charge in [0.05, 0.1) is 5.56 Å². The molecule has 0 fully saturated rings. The summed E-state index contributed by atoms with van der Waals surface area (Å²) in [5.41, 5.74) is 4.57. The highest BCUT2D eigenvalue weighted by molar-refractivity contribution is 5.93. The van der Waals surface area contributed by atoms with Crippen LogP contribution in [0.4, 0.5) is 13.2 Å². The fourth-order valence-corrected chi connectivity index (χ4v) is 1.55. The molecule has 1 amide bonds. The number of carbonyl (C=O) groups is 1. The molecule has 4 nitrogen and oxygen atoms in total. The van der Waals surface area contributed by atoms with Crippen LogP contribution in [0.2, 0.25) is 0 Å². The Balaban J connectivity index is 0. The quantitative estimate of drug-likeness (QED) is 0.845. The maximum Gasteiger partial charge on any atom is 0.433 e. The van der Waals surface area contributed by atoms with Crippen molar-refractivity contribution in [2.45, 2.75) is 38.4 Å². The molecule has 0 saturated heterocycles. The van der Waals surface area contributed by atoms with Crippen LogP contribution in [0.25, 0.3) is 0 Å². The highest BCUT2D eigenvalue weighted by atomic mass is 35.5. The minimum atomic E-state index is -4.51. The van der Waals surface area contributed by atoms with Gasteiger partial charge in [-0.05, 0) is 25.0 Å². The van der Waals surface area contributed by atoms with Gasteiger partial charge in [0.1, 0.15) is 5.69 Å². The van der Waals surface area contributed by atoms with Crippen molar-refractivity contribution in [3.63, 3.8) is 0 Å². The summed E-state index contributed by atoms with van der Waals surface area (Å²) in [5, 5.41) is 2.61. The highest BCUT2D eigenvalue weighted by Crippen LogP contribution is 2.27. The molecule has 0 atom stereocenters. The number of amides is 1. The Morgan fingerprint density at radius 2 is 1.77 bits per heavy atom. The van der Waals surface area contributed by atoms with E-state index in [0.29, 0.717) is 12.8 Å². The predicted octanol–water partition coefficient (Wildman–Crippen LogP) is 3.19. The zero-order valence-electron chi connectivity index (χ0n) is 12.2. The van der Waals surface area contributed by atoms with Crippen molar-refractivity contribution in [3.05, 3.63) is 29.6 Å². The molecule has 0 spiro atoms. The first-order valence-corrected chi connectivity index (χ1v) is 6.32. The van der Waals surface area contributed by atoms with Crippen molar-refractivity contribution in [3.8, 4) is 0 Å². The van der Waals surface area contributed by atoms with Crippen LogP contribution in [-0.4, -0.2) is 23.0 Å². The number of nitrogens with two attached hydrogens (primary N) is 1. The Morgan fingerprint density at radius 3 is 2.14 bits per heavy atom. The van der Waals surface area contributed by atoms with E-state index in [4.69, 9.17) is 5.73 Å². The summed E-state index contributed by atoms with van der Waals surface area (Å²) in [6.45, 7) is 4.09. The van der Waals surface area contributed by atoms with Crippen molar-refractivity contribution in [1.82, 2.24) is 10.3 Å². The van der Waals surface area contributed by atoms with Gasteiger partial charge in [-0.25, -0.2) is 0 Å². The smallest absolute Gasteiger partial charge is 0.350 e. The van der Waals surface area contributed by atoms with E-state index in [9.17, 15) is 18.0 Å². The average molecular weight is 362 g/mol. The fourth-order valence-electron chi connectivity index (χ4n) is 1.55. The maximum absolute atomic E-state index is 12.3. The number of halogens is 5. The molecular weight excluding hydrogens is 342 g/mol. The van der Waals surface area contributed by atoms with E-state index in [1.807, 2.05) is 13.8 Å². The molecule has 3 N–H and O–H groups in total. The third-order valence-corrected chi connectivity index (χ3v) is 3.33. The number of alkyl halides is 3. The minimum absolute atomic E-state index is 0. The van der Waals surface area contributed by atoms with E-state index in [1.54, 1.807) is 0 Å². The second-order valence-corrected chi connectivity index (χ2v) is 4.68. The molecule has 0 radical (unpaired) electrons. The summed E-state index contributed by atoms with van der Waals surface area (Å²) >= 11 is 0. The number of nitrogens with one attached hydrogen (secondary N) is 1. The standard InChI is InChI=1S/C13H18F3N3O.2ClH/c1-3-12(17,4-2)8-19-11(20)9-5-6-10(18-7-9)13(14,15)16;;/h5-7H,3-4,8,17H2,1-2H3,(H,19,20);2*1H. The molecule has 0 aliphatic carbocycles. The fraction of sp³-hybridized carbons (Fsp3) is 0.538. The van der Waals surface area contributed by atoms with Crippen molar-refractivity contribution in [1.29, 1.82) is 0 Å². The Bertz CT molecular complexity index is 463. The van der Waals surface area contributed by atoms with E-state index in [2.05, 4.69) is 10.3 Å². The van der Waals surface area contributed by atoms with Crippen LogP contribution in [0, 0.1) is 0 Å². The highest BCUT2D eigenvalue weighted by Gasteiger charge is 2.32. The zero-order valence-corrected chi connectivity index (χ0v) is 13.9. The molecular formula is C13H20Cl2F3N3O. The van der Waals surface area contributed by atoms with Crippen molar-refractivity contribution in [2.24, 2.45) is 5.73 Å². The van der Waals surface area contributed by atoms with Crippen LogP contribution < -0.4 is 11.1 Å². The lowest BCUT2D eigenvalue weighted by Gasteiger charge is -2.26. The Kier molecular flexibility index (Phi) is 9.68. The third-order valence-electron chi connectivity index (χ3n) is 3.33. The second kappa shape index (κ2) is 9.17. The maximum atomic E-state index is 12.3. The first-order valence-electron chi connectivity index (χ1n) is 6.32. The van der Waals surface area contributed by atoms with Gasteiger partial charge in [-0.15, -0.1) is 24.8 Å². The third kappa shape index (κ3) is 6.37. The van der Waals surface area contributed by atoms with Crippen molar-refractivity contribution in [2.75, 3.05) is 6.54 Å². The molecule has 0 aliphatic rings. The van der Waals surface area contributed by atoms with Gasteiger partial charge in [0.15, 0.2) is 0 Å². The monoisotopic (exact) mass is 361 g/mol. The topological polar surface area (TPSA) is 68.0 Å². The summed E-state index contributed by atoms with van der Waals surface area (Å²) in [4.78, 5) is 15.0. The normalized spacial score (nSPS) is 11.2. The molecule has 128 valence electrons. The Hall–Kier alpha value is -1.05. The SMILES string of the molecule is CCC(N)(CC)CNC(=O)c1ccc(C(F)(F)F)nc1.Cl.Cl. The van der Waals surface area contributed by atoms with E-state index in [-0.39, 0.29) is 36.9 Å². The van der Waals surface area contributed by atoms with Crippen LogP contribution in [0.3, 0.4) is 0 Å². The van der Waals surface area contributed by atoms with E-state index in [0.717, 1.165) is 18.3 Å². The molecule has 22 heavy (non-hydrogen) atoms. The lowest BCUT2D eigenvalue weighted by molar-refractivity contribution is -0.141. The summed E-state index contributed by atoms with van der Waals surface area (Å²) in [6, 6.07) is 1.88. The van der Waals surface area contributed by atoms with Gasteiger partial charge in [0.2, 0.25) is 0 Å². The van der Waals surface area contributed by atoms with Gasteiger partial charge in [0.25, 0.3) is 5.91 Å². The summed E-state index contributed by atoms with van der Waals surface area (Å²) in [6.07, 6.45) is -2.22. The number of carbonyl (C=O) groups excluding carboxylic acids is 1. The van der Waals surface area contributed by atoms with Gasteiger partial charge in [-0.3, -0.25) is 9.78 Å². The van der Waals surface area contributed by atoms with Crippen LogP contribution in [0.15, 0.2) is 18.3 Å². The number of nitrogens with zero attached hydrogens (tertiary/aromatic N) is 1. The number of pyridine rings is 1. The van der Waals surface area contributed by atoms with E-state index in [1.165, 1.54) is 0 Å². The number of rotatable bonds is 5. The van der Waals surface area contributed by atoms with Crippen molar-refractivity contribution < 1.29 is 18.0 Å². The summed E-state index contributed by atoms with van der Waals surface area (Å²) < 4.78 is 37.0. The van der Waals surface area contributed by atoms with E-state index < -0.39 is 23.3 Å². The van der Waals surface area contributed by atoms with Crippen LogP contribution >= 0.6 is 24.8 Å². The van der Waals surface area contributed by atoms with Gasteiger partial charge in [-0.2, -0.15) is 13.2 Å². The molecule has 0 bridgehead atoms. The molecule has 1 aromatic heterocycles. The van der Waals surface area contributed by atoms with Gasteiger partial charge < -0.3 is 11.1 Å². The largest absolute Gasteiger partial charge is 0.433 e. The lowest BCUT2D eigenvalue weighted by atomic mass is 9.94. The molecule has 1 heterocycles. The number of hydrogen-bond acceptors (Lipinski definition) is 3. The lowest BCUT2D eigenvalue weighted by Crippen LogP contribution is -2.49. The molecule has 9 heteroatoms. The van der Waals surface area contributed by atoms with Crippen LogP contribution in [0.5, 0.6) is 0 Å². The first-order chi connectivity index (χ1) is 9.22. The predicted molar refractivity (Wildman–Crippen MR) is 83.6 cm³/mol. The molecule has 0 unspecified atom stereocenters. The molecule has 0 saturated carbocycles. The van der Waals surface area contributed by atoms with Crippen LogP contribution in [-0.2, 0) is 6.18 Å². The number of hydrogen-bond donors (Lipinski definition) is 2. The van der Waals surface area contributed by atoms with Crippen LogP contribution in [0.1, 0.15) is 42.7 Å². The average Bonchev–Trinajstić information content (AvgIpc) is 2.43. The zero-order chi connectivity index (χ0) is 15.4. The van der Waals surface area contributed by atoms with E-state index >= 15 is 0 Å². The van der Waals surface area contributed by atoms with Gasteiger partial charge in [0, 0.05) is 18.3 Å². The minimum Gasteiger partial charge on any atom is -0.350 e. The second-order valence-electron chi connectivity index (χ2n) is 4.68. The van der Waals surface area contributed by atoms with Gasteiger partial charge in [-0.1, -0.05) is 13.8 Å².